The summed E-state index contributed by atoms with van der Waals surface area (Å²) in [7, 11) is 0. The van der Waals surface area contributed by atoms with Gasteiger partial charge in [0.15, 0.2) is 5.96 Å². The summed E-state index contributed by atoms with van der Waals surface area (Å²) in [5.41, 5.74) is 1.07. The molecule has 0 aliphatic carbocycles. The fourth-order valence-corrected chi connectivity index (χ4v) is 3.69. The Labute approximate surface area is 174 Å². The average molecular weight is 479 g/mol. The van der Waals surface area contributed by atoms with Crippen LogP contribution in [0.2, 0.25) is 0 Å². The van der Waals surface area contributed by atoms with E-state index in [0.717, 1.165) is 31.2 Å². The Balaban J connectivity index is 0.00000312. The Morgan fingerprint density at radius 2 is 1.96 bits per heavy atom. The quantitative estimate of drug-likeness (QED) is 0.259. The number of rotatable bonds is 8. The standard InChI is InChI=1S/C18H33N5S.HI/c1-3-17-22-16(15-24-17)14-21-18(19-4-2)20-10-9-13-23-11-7-5-6-8-12-23;/h15H,3-14H2,1-2H3,(H2,19,20,21);1H. The first-order chi connectivity index (χ1) is 11.8. The molecule has 0 saturated carbocycles. The number of aliphatic imine (C=N–C) groups is 1. The molecule has 1 fully saturated rings. The summed E-state index contributed by atoms with van der Waals surface area (Å²) < 4.78 is 0. The molecule has 2 heterocycles. The van der Waals surface area contributed by atoms with Crippen LogP contribution in [0.15, 0.2) is 10.4 Å². The Morgan fingerprint density at radius 1 is 1.20 bits per heavy atom. The molecule has 1 aromatic rings. The highest BCUT2D eigenvalue weighted by atomic mass is 127. The van der Waals surface area contributed by atoms with E-state index in [2.05, 4.69) is 44.7 Å². The van der Waals surface area contributed by atoms with E-state index in [1.165, 1.54) is 56.7 Å². The van der Waals surface area contributed by atoms with Crippen LogP contribution >= 0.6 is 35.3 Å². The van der Waals surface area contributed by atoms with E-state index in [0.29, 0.717) is 6.54 Å². The van der Waals surface area contributed by atoms with Crippen LogP contribution in [0, 0.1) is 0 Å². The Hall–Kier alpha value is -0.410. The van der Waals surface area contributed by atoms with Crippen LogP contribution in [0.4, 0.5) is 0 Å². The Kier molecular flexibility index (Phi) is 12.4. The van der Waals surface area contributed by atoms with Crippen molar-refractivity contribution < 1.29 is 0 Å². The summed E-state index contributed by atoms with van der Waals surface area (Å²) in [5.74, 6) is 0.902. The van der Waals surface area contributed by atoms with Gasteiger partial charge in [0.25, 0.3) is 0 Å². The molecule has 0 spiro atoms. The number of hydrogen-bond donors (Lipinski definition) is 2. The summed E-state index contributed by atoms with van der Waals surface area (Å²) >= 11 is 1.73. The van der Waals surface area contributed by atoms with E-state index in [1.54, 1.807) is 11.3 Å². The normalized spacial score (nSPS) is 16.2. The maximum atomic E-state index is 4.66. The predicted molar refractivity (Wildman–Crippen MR) is 119 cm³/mol. The lowest BCUT2D eigenvalue weighted by Crippen LogP contribution is -2.39. The zero-order valence-electron chi connectivity index (χ0n) is 15.7. The molecule has 0 radical (unpaired) electrons. The molecule has 1 aliphatic heterocycles. The lowest BCUT2D eigenvalue weighted by atomic mass is 10.2. The van der Waals surface area contributed by atoms with E-state index in [-0.39, 0.29) is 24.0 Å². The van der Waals surface area contributed by atoms with E-state index in [1.807, 2.05) is 0 Å². The van der Waals surface area contributed by atoms with Gasteiger partial charge in [0.1, 0.15) is 0 Å². The van der Waals surface area contributed by atoms with Crippen LogP contribution in [0.3, 0.4) is 0 Å². The van der Waals surface area contributed by atoms with E-state index < -0.39 is 0 Å². The minimum atomic E-state index is 0. The monoisotopic (exact) mass is 479 g/mol. The molecule has 2 N–H and O–H groups in total. The molecular formula is C18H34IN5S. The van der Waals surface area contributed by atoms with Gasteiger partial charge in [-0.2, -0.15) is 0 Å². The van der Waals surface area contributed by atoms with Crippen LogP contribution in [0.5, 0.6) is 0 Å². The van der Waals surface area contributed by atoms with Gasteiger partial charge in [-0.1, -0.05) is 19.8 Å². The molecule has 144 valence electrons. The predicted octanol–water partition coefficient (Wildman–Crippen LogP) is 3.64. The first-order valence-electron chi connectivity index (χ1n) is 9.49. The van der Waals surface area contributed by atoms with Crippen molar-refractivity contribution in [2.24, 2.45) is 4.99 Å². The molecule has 1 aromatic heterocycles. The highest BCUT2D eigenvalue weighted by Crippen LogP contribution is 2.11. The maximum Gasteiger partial charge on any atom is 0.191 e. The number of guanidine groups is 1. The van der Waals surface area contributed by atoms with Gasteiger partial charge >= 0.3 is 0 Å². The summed E-state index contributed by atoms with van der Waals surface area (Å²) in [5, 5.41) is 10.1. The third-order valence-electron chi connectivity index (χ3n) is 4.29. The van der Waals surface area contributed by atoms with Gasteiger partial charge in [-0.15, -0.1) is 35.3 Å². The number of hydrogen-bond acceptors (Lipinski definition) is 4. The number of nitrogens with zero attached hydrogens (tertiary/aromatic N) is 3. The lowest BCUT2D eigenvalue weighted by Gasteiger charge is -2.20. The summed E-state index contributed by atoms with van der Waals surface area (Å²) in [6, 6.07) is 0. The third kappa shape index (κ3) is 9.19. The van der Waals surface area contributed by atoms with Crippen molar-refractivity contribution in [1.82, 2.24) is 20.5 Å². The van der Waals surface area contributed by atoms with Gasteiger partial charge in [-0.3, -0.25) is 0 Å². The van der Waals surface area contributed by atoms with Crippen molar-refractivity contribution in [1.29, 1.82) is 0 Å². The molecule has 0 bridgehead atoms. The van der Waals surface area contributed by atoms with Crippen LogP contribution in [0.25, 0.3) is 0 Å². The van der Waals surface area contributed by atoms with Gasteiger partial charge in [-0.25, -0.2) is 9.98 Å². The van der Waals surface area contributed by atoms with Crippen molar-refractivity contribution in [3.05, 3.63) is 16.1 Å². The molecule has 5 nitrogen and oxygen atoms in total. The molecule has 1 saturated heterocycles. The van der Waals surface area contributed by atoms with Crippen LogP contribution in [0.1, 0.15) is 56.7 Å². The fourth-order valence-electron chi connectivity index (χ4n) is 2.95. The summed E-state index contributed by atoms with van der Waals surface area (Å²) in [6.45, 7) is 10.5. The summed E-state index contributed by atoms with van der Waals surface area (Å²) in [6.07, 6.45) is 7.71. The molecule has 7 heteroatoms. The molecule has 0 atom stereocenters. The molecule has 2 rings (SSSR count). The number of aromatic nitrogens is 1. The maximum absolute atomic E-state index is 4.66. The number of halogens is 1. The van der Waals surface area contributed by atoms with E-state index >= 15 is 0 Å². The van der Waals surface area contributed by atoms with Gasteiger partial charge < -0.3 is 15.5 Å². The van der Waals surface area contributed by atoms with Crippen molar-refractivity contribution in [2.75, 3.05) is 32.7 Å². The van der Waals surface area contributed by atoms with Gasteiger partial charge in [-0.05, 0) is 52.2 Å². The number of likely N-dealkylation sites (tertiary alicyclic amines) is 1. The van der Waals surface area contributed by atoms with Crippen LogP contribution < -0.4 is 10.6 Å². The Bertz CT molecular complexity index is 484. The minimum Gasteiger partial charge on any atom is -0.357 e. The van der Waals surface area contributed by atoms with Crippen molar-refractivity contribution in [3.8, 4) is 0 Å². The highest BCUT2D eigenvalue weighted by molar-refractivity contribution is 14.0. The SMILES string of the molecule is CCNC(=NCc1csc(CC)n1)NCCCN1CCCCCC1.I. The van der Waals surface area contributed by atoms with Crippen LogP contribution in [-0.2, 0) is 13.0 Å². The largest absolute Gasteiger partial charge is 0.357 e. The fraction of sp³-hybridized carbons (Fsp3) is 0.778. The molecule has 0 aromatic carbocycles. The third-order valence-corrected chi connectivity index (χ3v) is 5.33. The summed E-state index contributed by atoms with van der Waals surface area (Å²) in [4.78, 5) is 11.8. The second-order valence-electron chi connectivity index (χ2n) is 6.32. The molecule has 0 amide bonds. The van der Waals surface area contributed by atoms with Gasteiger partial charge in [0.05, 0.1) is 17.2 Å². The second-order valence-corrected chi connectivity index (χ2v) is 7.26. The van der Waals surface area contributed by atoms with Crippen molar-refractivity contribution in [2.45, 2.75) is 58.9 Å². The first kappa shape index (κ1) is 22.6. The van der Waals surface area contributed by atoms with E-state index in [9.17, 15) is 0 Å². The van der Waals surface area contributed by atoms with Crippen molar-refractivity contribution >= 4 is 41.3 Å². The average Bonchev–Trinajstić information content (AvgIpc) is 2.91. The number of aryl methyl sites for hydroxylation is 1. The number of nitrogens with one attached hydrogen (secondary N) is 2. The molecule has 1 aliphatic rings. The van der Waals surface area contributed by atoms with Gasteiger partial charge in [0.2, 0.25) is 0 Å². The molecular weight excluding hydrogens is 445 g/mol. The van der Waals surface area contributed by atoms with E-state index in [4.69, 9.17) is 0 Å². The topological polar surface area (TPSA) is 52.6 Å². The van der Waals surface area contributed by atoms with Gasteiger partial charge in [0, 0.05) is 18.5 Å². The van der Waals surface area contributed by atoms with Crippen LogP contribution in [-0.4, -0.2) is 48.6 Å². The minimum absolute atomic E-state index is 0. The smallest absolute Gasteiger partial charge is 0.191 e. The molecule has 0 unspecified atom stereocenters. The van der Waals surface area contributed by atoms with Crippen molar-refractivity contribution in [3.63, 3.8) is 0 Å². The first-order valence-corrected chi connectivity index (χ1v) is 10.4. The lowest BCUT2D eigenvalue weighted by molar-refractivity contribution is 0.282. The zero-order valence-corrected chi connectivity index (χ0v) is 18.9. The Morgan fingerprint density at radius 3 is 2.60 bits per heavy atom. The second kappa shape index (κ2) is 13.7. The zero-order chi connectivity index (χ0) is 17.0. The highest BCUT2D eigenvalue weighted by Gasteiger charge is 2.08. The molecule has 25 heavy (non-hydrogen) atoms. The number of thiazole rings is 1.